The molecule has 3 aromatic carbocycles. The molecule has 5 aromatic rings. The maximum atomic E-state index is 12.6. The molecule has 2 heterocycles. The Morgan fingerprint density at radius 3 is 2.83 bits per heavy atom. The molecule has 0 aliphatic heterocycles. The van der Waals surface area contributed by atoms with Crippen molar-refractivity contribution in [3.8, 4) is 11.8 Å². The number of hydrazone groups is 1. The molecule has 0 radical (unpaired) electrons. The van der Waals surface area contributed by atoms with Crippen molar-refractivity contribution >= 4 is 34.0 Å². The maximum absolute atomic E-state index is 12.6. The third-order valence-electron chi connectivity index (χ3n) is 5.69. The number of carbonyl (C=O) groups excluding carboxylic acids is 1. The monoisotopic (exact) mass is 462 g/mol. The van der Waals surface area contributed by atoms with E-state index >= 15 is 0 Å². The molecule has 0 saturated heterocycles. The van der Waals surface area contributed by atoms with Crippen molar-refractivity contribution in [1.29, 1.82) is 5.26 Å². The lowest BCUT2D eigenvalue weighted by Crippen LogP contribution is -2.16. The Bertz CT molecular complexity index is 1600. The van der Waals surface area contributed by atoms with Crippen LogP contribution in [-0.2, 0) is 6.54 Å². The summed E-state index contributed by atoms with van der Waals surface area (Å²) in [7, 11) is 0. The summed E-state index contributed by atoms with van der Waals surface area (Å²) in [6.07, 6.45) is 3.58. The van der Waals surface area contributed by atoms with Crippen LogP contribution >= 0.6 is 0 Å². The predicted molar refractivity (Wildman–Crippen MR) is 135 cm³/mol. The first kappa shape index (κ1) is 22.0. The van der Waals surface area contributed by atoms with E-state index in [1.165, 1.54) is 0 Å². The van der Waals surface area contributed by atoms with Crippen LogP contribution in [0.15, 0.2) is 88.5 Å². The molecule has 0 fully saturated rings. The number of para-hydroxylation sites is 1. The lowest BCUT2D eigenvalue weighted by atomic mass is 10.1. The molecule has 35 heavy (non-hydrogen) atoms. The van der Waals surface area contributed by atoms with Gasteiger partial charge in [-0.05, 0) is 48.9 Å². The number of amides is 1. The Kier molecular flexibility index (Phi) is 6.01. The number of furan rings is 1. The standard InChI is InChI=1S/C28H22N4O3/c1-2-34-23-11-12-26-21(13-23)14-27(35-26)28(33)31-30-16-22-18-32(25-10-6-5-9-24(22)25)17-20-8-4-3-7-19(20)15-29/h3-14,16,18H,2,17H2,1H3,(H,31,33)/b30-16+. The largest absolute Gasteiger partial charge is 0.494 e. The lowest BCUT2D eigenvalue weighted by molar-refractivity contribution is 0.0929. The van der Waals surface area contributed by atoms with Crippen LogP contribution in [-0.4, -0.2) is 23.3 Å². The van der Waals surface area contributed by atoms with Gasteiger partial charge in [0, 0.05) is 34.6 Å². The van der Waals surface area contributed by atoms with Crippen molar-refractivity contribution in [3.05, 3.63) is 101 Å². The number of nitriles is 1. The molecule has 0 aliphatic carbocycles. The summed E-state index contributed by atoms with van der Waals surface area (Å²) in [4.78, 5) is 12.6. The average Bonchev–Trinajstić information content (AvgIpc) is 3.46. The van der Waals surface area contributed by atoms with E-state index in [1.54, 1.807) is 24.4 Å². The van der Waals surface area contributed by atoms with Crippen molar-refractivity contribution in [1.82, 2.24) is 9.99 Å². The first-order chi connectivity index (χ1) is 17.2. The molecular weight excluding hydrogens is 440 g/mol. The van der Waals surface area contributed by atoms with Crippen molar-refractivity contribution in [2.45, 2.75) is 13.5 Å². The van der Waals surface area contributed by atoms with Crippen molar-refractivity contribution in [2.75, 3.05) is 6.61 Å². The minimum absolute atomic E-state index is 0.168. The van der Waals surface area contributed by atoms with Crippen molar-refractivity contribution in [3.63, 3.8) is 0 Å². The average molecular weight is 463 g/mol. The number of fused-ring (bicyclic) bond motifs is 2. The summed E-state index contributed by atoms with van der Waals surface area (Å²) in [5.41, 5.74) is 6.58. The minimum atomic E-state index is -0.443. The van der Waals surface area contributed by atoms with Crippen LogP contribution in [0.25, 0.3) is 21.9 Å². The summed E-state index contributed by atoms with van der Waals surface area (Å²) < 4.78 is 13.2. The van der Waals surface area contributed by atoms with Gasteiger partial charge in [0.05, 0.1) is 24.5 Å². The summed E-state index contributed by atoms with van der Waals surface area (Å²) in [6.45, 7) is 3.03. The number of carbonyl (C=O) groups is 1. The topological polar surface area (TPSA) is 92.5 Å². The predicted octanol–water partition coefficient (Wildman–Crippen LogP) is 5.47. The molecule has 0 saturated carbocycles. The molecule has 7 heteroatoms. The highest BCUT2D eigenvalue weighted by Crippen LogP contribution is 2.25. The van der Waals surface area contributed by atoms with Gasteiger partial charge in [-0.25, -0.2) is 5.43 Å². The van der Waals surface area contributed by atoms with E-state index in [9.17, 15) is 10.1 Å². The van der Waals surface area contributed by atoms with E-state index in [-0.39, 0.29) is 5.76 Å². The second-order valence-corrected chi connectivity index (χ2v) is 7.94. The molecule has 1 N–H and O–H groups in total. The van der Waals surface area contributed by atoms with Gasteiger partial charge in [-0.1, -0.05) is 36.4 Å². The highest BCUT2D eigenvalue weighted by atomic mass is 16.5. The summed E-state index contributed by atoms with van der Waals surface area (Å²) in [5, 5.41) is 15.4. The van der Waals surface area contributed by atoms with E-state index in [1.807, 2.05) is 67.7 Å². The van der Waals surface area contributed by atoms with Crippen LogP contribution in [0.1, 0.15) is 34.2 Å². The SMILES string of the molecule is CCOc1ccc2oc(C(=O)N/N=C/c3cn(Cc4ccccc4C#N)c4ccccc34)cc2c1. The highest BCUT2D eigenvalue weighted by molar-refractivity contribution is 6.01. The molecule has 2 aromatic heterocycles. The Balaban J connectivity index is 1.36. The first-order valence-electron chi connectivity index (χ1n) is 11.2. The van der Waals surface area contributed by atoms with E-state index in [2.05, 4.69) is 21.2 Å². The Hall–Kier alpha value is -4.83. The molecule has 0 bridgehead atoms. The molecule has 0 atom stereocenters. The van der Waals surface area contributed by atoms with Gasteiger partial charge in [0.15, 0.2) is 5.76 Å². The zero-order chi connectivity index (χ0) is 24.2. The Labute approximate surface area is 201 Å². The first-order valence-corrected chi connectivity index (χ1v) is 11.2. The lowest BCUT2D eigenvalue weighted by Gasteiger charge is -2.07. The zero-order valence-electron chi connectivity index (χ0n) is 19.1. The highest BCUT2D eigenvalue weighted by Gasteiger charge is 2.13. The van der Waals surface area contributed by atoms with Crippen LogP contribution in [0.5, 0.6) is 5.75 Å². The van der Waals surface area contributed by atoms with E-state index in [0.29, 0.717) is 24.3 Å². The molecule has 7 nitrogen and oxygen atoms in total. The second kappa shape index (κ2) is 9.57. The van der Waals surface area contributed by atoms with Gasteiger partial charge in [0.25, 0.3) is 0 Å². The molecular formula is C28H22N4O3. The number of hydrogen-bond acceptors (Lipinski definition) is 5. The third kappa shape index (κ3) is 4.50. The smallest absolute Gasteiger partial charge is 0.307 e. The fraction of sp³-hybridized carbons (Fsp3) is 0.107. The number of nitrogens with one attached hydrogen (secondary N) is 1. The number of rotatable bonds is 7. The van der Waals surface area contributed by atoms with Gasteiger partial charge in [0.1, 0.15) is 11.3 Å². The molecule has 5 rings (SSSR count). The fourth-order valence-electron chi connectivity index (χ4n) is 4.06. The van der Waals surface area contributed by atoms with Gasteiger partial charge in [-0.3, -0.25) is 4.79 Å². The normalized spacial score (nSPS) is 11.2. The van der Waals surface area contributed by atoms with Crippen molar-refractivity contribution < 1.29 is 13.9 Å². The van der Waals surface area contributed by atoms with Crippen LogP contribution in [0.3, 0.4) is 0 Å². The van der Waals surface area contributed by atoms with Crippen LogP contribution in [0.4, 0.5) is 0 Å². The maximum Gasteiger partial charge on any atom is 0.307 e. The zero-order valence-corrected chi connectivity index (χ0v) is 19.1. The van der Waals surface area contributed by atoms with Gasteiger partial charge in [0.2, 0.25) is 0 Å². The molecule has 0 unspecified atom stereocenters. The van der Waals surface area contributed by atoms with E-state index in [4.69, 9.17) is 9.15 Å². The second-order valence-electron chi connectivity index (χ2n) is 7.94. The van der Waals surface area contributed by atoms with Crippen LogP contribution in [0, 0.1) is 11.3 Å². The summed E-state index contributed by atoms with van der Waals surface area (Å²) >= 11 is 0. The molecule has 0 aliphatic rings. The number of benzene rings is 3. The number of hydrogen-bond donors (Lipinski definition) is 1. The van der Waals surface area contributed by atoms with Crippen molar-refractivity contribution in [2.24, 2.45) is 5.10 Å². The van der Waals surface area contributed by atoms with Gasteiger partial charge in [-0.2, -0.15) is 10.4 Å². The quantitative estimate of drug-likeness (QED) is 0.256. The van der Waals surface area contributed by atoms with E-state index in [0.717, 1.165) is 33.2 Å². The third-order valence-corrected chi connectivity index (χ3v) is 5.69. The number of ether oxygens (including phenoxy) is 1. The summed E-state index contributed by atoms with van der Waals surface area (Å²) in [6, 6.07) is 24.8. The van der Waals surface area contributed by atoms with Crippen LogP contribution in [0.2, 0.25) is 0 Å². The van der Waals surface area contributed by atoms with E-state index < -0.39 is 5.91 Å². The minimum Gasteiger partial charge on any atom is -0.494 e. The summed E-state index contributed by atoms with van der Waals surface area (Å²) in [5.74, 6) is 0.447. The molecule has 172 valence electrons. The Morgan fingerprint density at radius 2 is 1.97 bits per heavy atom. The van der Waals surface area contributed by atoms with Gasteiger partial charge >= 0.3 is 5.91 Å². The van der Waals surface area contributed by atoms with Gasteiger partial charge < -0.3 is 13.7 Å². The molecule has 1 amide bonds. The number of nitrogens with zero attached hydrogens (tertiary/aromatic N) is 3. The Morgan fingerprint density at radius 1 is 1.14 bits per heavy atom. The number of aromatic nitrogens is 1. The van der Waals surface area contributed by atoms with Crippen LogP contribution < -0.4 is 10.2 Å². The fourth-order valence-corrected chi connectivity index (χ4v) is 4.06. The molecule has 0 spiro atoms. The van der Waals surface area contributed by atoms with Gasteiger partial charge in [-0.15, -0.1) is 0 Å².